The molecule has 0 amide bonds. The van der Waals surface area contributed by atoms with E-state index in [1.165, 1.54) is 0 Å². The molecule has 2 rings (SSSR count). The number of phenols is 1. The average Bonchev–Trinajstić information content (AvgIpc) is 2.78. The molecule has 0 aromatic heterocycles. The lowest BCUT2D eigenvalue weighted by molar-refractivity contribution is 0.130. The fourth-order valence-electron chi connectivity index (χ4n) is 2.79. The maximum atomic E-state index is 9.99. The maximum absolute atomic E-state index is 9.99. The van der Waals surface area contributed by atoms with Gasteiger partial charge < -0.3 is 14.9 Å². The summed E-state index contributed by atoms with van der Waals surface area (Å²) in [5, 5.41) is 19.5. The molecule has 0 spiro atoms. The Kier molecular flexibility index (Phi) is 4.66. The Morgan fingerprint density at radius 3 is 2.89 bits per heavy atom. The molecule has 2 atom stereocenters. The van der Waals surface area contributed by atoms with Gasteiger partial charge in [0, 0.05) is 24.2 Å². The van der Waals surface area contributed by atoms with E-state index in [4.69, 9.17) is 4.74 Å². The molecule has 106 valence electrons. The van der Waals surface area contributed by atoms with E-state index in [2.05, 4.69) is 4.90 Å². The van der Waals surface area contributed by atoms with Gasteiger partial charge in [-0.2, -0.15) is 0 Å². The second kappa shape index (κ2) is 6.26. The number of rotatable bonds is 5. The van der Waals surface area contributed by atoms with Gasteiger partial charge in [0.2, 0.25) is 0 Å². The highest BCUT2D eigenvalue weighted by atomic mass is 16.5. The van der Waals surface area contributed by atoms with Crippen molar-refractivity contribution in [2.75, 3.05) is 13.7 Å². The molecule has 1 saturated heterocycles. The Morgan fingerprint density at radius 2 is 2.26 bits per heavy atom. The van der Waals surface area contributed by atoms with E-state index in [1.54, 1.807) is 13.2 Å². The van der Waals surface area contributed by atoms with Gasteiger partial charge in [-0.25, -0.2) is 0 Å². The number of aliphatic hydroxyl groups is 1. The summed E-state index contributed by atoms with van der Waals surface area (Å²) in [7, 11) is 1.59. The number of aliphatic hydroxyl groups excluding tert-OH is 1. The summed E-state index contributed by atoms with van der Waals surface area (Å²) in [5.74, 6) is 0.949. The summed E-state index contributed by atoms with van der Waals surface area (Å²) < 4.78 is 5.09. The highest BCUT2D eigenvalue weighted by Crippen LogP contribution is 2.28. The van der Waals surface area contributed by atoms with Crippen molar-refractivity contribution in [3.63, 3.8) is 0 Å². The molecule has 0 radical (unpaired) electrons. The molecule has 1 heterocycles. The van der Waals surface area contributed by atoms with Crippen LogP contribution in [-0.2, 0) is 6.54 Å². The highest BCUT2D eigenvalue weighted by Gasteiger charge is 2.26. The van der Waals surface area contributed by atoms with Crippen LogP contribution in [0.2, 0.25) is 0 Å². The number of hydrogen-bond acceptors (Lipinski definition) is 4. The Labute approximate surface area is 114 Å². The summed E-state index contributed by atoms with van der Waals surface area (Å²) in [6.45, 7) is 3.59. The van der Waals surface area contributed by atoms with Crippen LogP contribution < -0.4 is 4.74 Å². The van der Waals surface area contributed by atoms with E-state index in [0.717, 1.165) is 37.9 Å². The first kappa shape index (κ1) is 14.2. The quantitative estimate of drug-likeness (QED) is 0.856. The van der Waals surface area contributed by atoms with Gasteiger partial charge in [-0.15, -0.1) is 0 Å². The van der Waals surface area contributed by atoms with Crippen molar-refractivity contribution in [2.45, 2.75) is 44.9 Å². The molecule has 4 nitrogen and oxygen atoms in total. The third-order valence-electron chi connectivity index (χ3n) is 3.78. The zero-order valence-electron chi connectivity index (χ0n) is 11.7. The topological polar surface area (TPSA) is 52.9 Å². The van der Waals surface area contributed by atoms with E-state index in [9.17, 15) is 10.2 Å². The minimum absolute atomic E-state index is 0.268. The molecule has 4 heteroatoms. The molecule has 0 aliphatic carbocycles. The van der Waals surface area contributed by atoms with Crippen molar-refractivity contribution < 1.29 is 14.9 Å². The predicted molar refractivity (Wildman–Crippen MR) is 74.4 cm³/mol. The Morgan fingerprint density at radius 1 is 1.47 bits per heavy atom. The number of hydrogen-bond donors (Lipinski definition) is 2. The average molecular weight is 265 g/mol. The van der Waals surface area contributed by atoms with E-state index >= 15 is 0 Å². The van der Waals surface area contributed by atoms with Gasteiger partial charge in [-0.3, -0.25) is 4.90 Å². The smallest absolute Gasteiger partial charge is 0.123 e. The fraction of sp³-hybridized carbons (Fsp3) is 0.600. The number of likely N-dealkylation sites (tertiary alicyclic amines) is 1. The molecular formula is C15H23NO3. The molecule has 19 heavy (non-hydrogen) atoms. The minimum Gasteiger partial charge on any atom is -0.507 e. The molecule has 0 bridgehead atoms. The Bertz CT molecular complexity index is 420. The normalized spacial score (nSPS) is 21.5. The number of ether oxygens (including phenoxy) is 1. The summed E-state index contributed by atoms with van der Waals surface area (Å²) in [5.41, 5.74) is 0.915. The maximum Gasteiger partial charge on any atom is 0.123 e. The molecule has 1 aromatic carbocycles. The number of methoxy groups -OCH3 is 1. The molecule has 1 aliphatic heterocycles. The number of aromatic hydroxyl groups is 1. The first-order valence-electron chi connectivity index (χ1n) is 6.88. The van der Waals surface area contributed by atoms with Gasteiger partial charge in [-0.1, -0.05) is 6.07 Å². The van der Waals surface area contributed by atoms with Gasteiger partial charge in [0.15, 0.2) is 0 Å². The zero-order chi connectivity index (χ0) is 13.8. The van der Waals surface area contributed by atoms with E-state index in [0.29, 0.717) is 11.8 Å². The molecule has 2 N–H and O–H groups in total. The molecule has 0 saturated carbocycles. The summed E-state index contributed by atoms with van der Waals surface area (Å²) in [6, 6.07) is 5.84. The van der Waals surface area contributed by atoms with Crippen LogP contribution in [0.15, 0.2) is 18.2 Å². The first-order chi connectivity index (χ1) is 9.10. The van der Waals surface area contributed by atoms with Crippen molar-refractivity contribution in [3.8, 4) is 11.5 Å². The van der Waals surface area contributed by atoms with E-state index < -0.39 is 0 Å². The van der Waals surface area contributed by atoms with Crippen molar-refractivity contribution in [3.05, 3.63) is 23.8 Å². The highest BCUT2D eigenvalue weighted by molar-refractivity contribution is 5.39. The zero-order valence-corrected chi connectivity index (χ0v) is 11.7. The van der Waals surface area contributed by atoms with Crippen molar-refractivity contribution in [1.29, 1.82) is 0 Å². The fourth-order valence-corrected chi connectivity index (χ4v) is 2.79. The lowest BCUT2D eigenvalue weighted by Crippen LogP contribution is -2.31. The van der Waals surface area contributed by atoms with Gasteiger partial charge in [-0.05, 0) is 38.8 Å². The van der Waals surface area contributed by atoms with Gasteiger partial charge in [0.05, 0.1) is 13.2 Å². The molecule has 1 aliphatic rings. The van der Waals surface area contributed by atoms with Crippen LogP contribution in [0, 0.1) is 0 Å². The lowest BCUT2D eigenvalue weighted by Gasteiger charge is -2.25. The molecule has 1 fully saturated rings. The van der Waals surface area contributed by atoms with Crippen LogP contribution in [-0.4, -0.2) is 40.9 Å². The van der Waals surface area contributed by atoms with Crippen molar-refractivity contribution in [2.24, 2.45) is 0 Å². The Balaban J connectivity index is 2.03. The van der Waals surface area contributed by atoms with Crippen LogP contribution in [0.25, 0.3) is 0 Å². The van der Waals surface area contributed by atoms with Gasteiger partial charge >= 0.3 is 0 Å². The SMILES string of the molecule is COc1ccc(CN2CCCC2CC(C)O)c(O)c1. The van der Waals surface area contributed by atoms with Crippen molar-refractivity contribution in [1.82, 2.24) is 4.90 Å². The molecule has 1 aromatic rings. The predicted octanol–water partition coefficient (Wildman–Crippen LogP) is 2.14. The number of phenolic OH excluding ortho intramolecular Hbond substituents is 1. The second-order valence-corrected chi connectivity index (χ2v) is 5.35. The molecular weight excluding hydrogens is 242 g/mol. The standard InChI is InChI=1S/C15H23NO3/c1-11(17)8-13-4-3-7-16(13)10-12-5-6-14(19-2)9-15(12)18/h5-6,9,11,13,17-18H,3-4,7-8,10H2,1-2H3. The van der Waals surface area contributed by atoms with E-state index in [1.807, 2.05) is 19.1 Å². The first-order valence-corrected chi connectivity index (χ1v) is 6.88. The van der Waals surface area contributed by atoms with Crippen LogP contribution in [0.3, 0.4) is 0 Å². The van der Waals surface area contributed by atoms with Crippen LogP contribution in [0.5, 0.6) is 11.5 Å². The van der Waals surface area contributed by atoms with Crippen molar-refractivity contribution >= 4 is 0 Å². The minimum atomic E-state index is -0.268. The van der Waals surface area contributed by atoms with Crippen LogP contribution in [0.1, 0.15) is 31.7 Å². The lowest BCUT2D eigenvalue weighted by atomic mass is 10.1. The summed E-state index contributed by atoms with van der Waals surface area (Å²) >= 11 is 0. The van der Waals surface area contributed by atoms with Crippen LogP contribution >= 0.6 is 0 Å². The van der Waals surface area contributed by atoms with Gasteiger partial charge in [0.1, 0.15) is 11.5 Å². The van der Waals surface area contributed by atoms with Gasteiger partial charge in [0.25, 0.3) is 0 Å². The third kappa shape index (κ3) is 3.61. The number of nitrogens with zero attached hydrogens (tertiary/aromatic N) is 1. The third-order valence-corrected chi connectivity index (χ3v) is 3.78. The summed E-state index contributed by atoms with van der Waals surface area (Å²) in [4.78, 5) is 2.34. The second-order valence-electron chi connectivity index (χ2n) is 5.35. The van der Waals surface area contributed by atoms with E-state index in [-0.39, 0.29) is 11.9 Å². The van der Waals surface area contributed by atoms with Crippen LogP contribution in [0.4, 0.5) is 0 Å². The number of benzene rings is 1. The Hall–Kier alpha value is -1.26. The summed E-state index contributed by atoms with van der Waals surface area (Å²) in [6.07, 6.45) is 2.82. The monoisotopic (exact) mass is 265 g/mol. The largest absolute Gasteiger partial charge is 0.507 e. The molecule has 2 unspecified atom stereocenters.